The normalized spacial score (nSPS) is 61.8. The van der Waals surface area contributed by atoms with Crippen molar-refractivity contribution in [3.05, 3.63) is 0 Å². The van der Waals surface area contributed by atoms with Gasteiger partial charge >= 0.3 is 0 Å². The largest absolute Gasteiger partial charge is 0.325 e. The molecule has 18 heavy (non-hydrogen) atoms. The standard InChI is InChI=1S/C17H29N/c1-3-17(18)10-12-6-13-5-4-11-7-14(13)16(2,9-12)15(17)8-11/h11-15H,3-10,18H2,1-2H3. The maximum absolute atomic E-state index is 6.92. The van der Waals surface area contributed by atoms with E-state index in [-0.39, 0.29) is 5.54 Å². The van der Waals surface area contributed by atoms with E-state index in [4.69, 9.17) is 5.73 Å². The van der Waals surface area contributed by atoms with Crippen LogP contribution in [0, 0.1) is 35.0 Å². The zero-order valence-electron chi connectivity index (χ0n) is 12.1. The lowest BCUT2D eigenvalue weighted by Crippen LogP contribution is -2.66. The molecule has 0 aromatic heterocycles. The van der Waals surface area contributed by atoms with Crippen LogP contribution in [0.3, 0.4) is 0 Å². The van der Waals surface area contributed by atoms with Crippen molar-refractivity contribution < 1.29 is 0 Å². The second kappa shape index (κ2) is 3.53. The summed E-state index contributed by atoms with van der Waals surface area (Å²) < 4.78 is 0. The molecule has 0 aliphatic heterocycles. The van der Waals surface area contributed by atoms with Crippen LogP contribution in [0.4, 0.5) is 0 Å². The Hall–Kier alpha value is -0.0400. The van der Waals surface area contributed by atoms with Crippen LogP contribution in [0.1, 0.15) is 65.2 Å². The van der Waals surface area contributed by atoms with E-state index in [1.165, 1.54) is 44.9 Å². The van der Waals surface area contributed by atoms with E-state index in [1.54, 1.807) is 6.42 Å². The summed E-state index contributed by atoms with van der Waals surface area (Å²) in [5.74, 6) is 4.90. The maximum Gasteiger partial charge on any atom is 0.0188 e. The molecular weight excluding hydrogens is 218 g/mol. The monoisotopic (exact) mass is 247 g/mol. The van der Waals surface area contributed by atoms with Crippen molar-refractivity contribution in [1.29, 1.82) is 0 Å². The zero-order chi connectivity index (χ0) is 12.5. The van der Waals surface area contributed by atoms with E-state index >= 15 is 0 Å². The van der Waals surface area contributed by atoms with Gasteiger partial charge in [-0.25, -0.2) is 0 Å². The fourth-order valence-corrected chi connectivity index (χ4v) is 7.03. The second-order valence-electron chi connectivity index (χ2n) is 8.44. The first kappa shape index (κ1) is 11.8. The highest BCUT2D eigenvalue weighted by Gasteiger charge is 2.62. The molecule has 4 saturated carbocycles. The van der Waals surface area contributed by atoms with Gasteiger partial charge in [-0.05, 0) is 80.0 Å². The van der Waals surface area contributed by atoms with Gasteiger partial charge in [0.25, 0.3) is 0 Å². The van der Waals surface area contributed by atoms with Crippen molar-refractivity contribution in [2.75, 3.05) is 0 Å². The fraction of sp³-hybridized carbons (Fsp3) is 1.00. The van der Waals surface area contributed by atoms with Gasteiger partial charge in [-0.1, -0.05) is 20.3 Å². The van der Waals surface area contributed by atoms with Crippen molar-refractivity contribution >= 4 is 0 Å². The molecule has 1 heteroatoms. The third-order valence-electron chi connectivity index (χ3n) is 7.70. The van der Waals surface area contributed by atoms with Crippen LogP contribution < -0.4 is 5.73 Å². The van der Waals surface area contributed by atoms with Crippen molar-refractivity contribution in [2.45, 2.75) is 70.8 Å². The third-order valence-corrected chi connectivity index (χ3v) is 7.70. The molecule has 1 nitrogen and oxygen atoms in total. The lowest BCUT2D eigenvalue weighted by Gasteiger charge is -2.67. The van der Waals surface area contributed by atoms with Gasteiger partial charge in [-0.3, -0.25) is 0 Å². The van der Waals surface area contributed by atoms with Gasteiger partial charge in [0.05, 0.1) is 0 Å². The van der Waals surface area contributed by atoms with E-state index in [2.05, 4.69) is 13.8 Å². The number of rotatable bonds is 1. The molecule has 0 amide bonds. The summed E-state index contributed by atoms with van der Waals surface area (Å²) in [7, 11) is 0. The molecule has 0 radical (unpaired) electrons. The topological polar surface area (TPSA) is 26.0 Å². The smallest absolute Gasteiger partial charge is 0.0188 e. The molecular formula is C17H29N. The van der Waals surface area contributed by atoms with Gasteiger partial charge in [0.2, 0.25) is 0 Å². The van der Waals surface area contributed by atoms with Crippen LogP contribution in [0.25, 0.3) is 0 Å². The van der Waals surface area contributed by atoms with Gasteiger partial charge < -0.3 is 5.73 Å². The molecule has 4 aliphatic carbocycles. The molecule has 4 rings (SSSR count). The Morgan fingerprint density at radius 2 is 1.89 bits per heavy atom. The Morgan fingerprint density at radius 1 is 1.06 bits per heavy atom. The molecule has 2 N–H and O–H groups in total. The predicted molar refractivity (Wildman–Crippen MR) is 75.1 cm³/mol. The lowest BCUT2D eigenvalue weighted by atomic mass is 9.39. The second-order valence-corrected chi connectivity index (χ2v) is 8.44. The molecule has 102 valence electrons. The number of nitrogens with two attached hydrogens (primary N) is 1. The highest BCUT2D eigenvalue weighted by molar-refractivity contribution is 5.14. The Bertz CT molecular complexity index is 363. The van der Waals surface area contributed by atoms with E-state index < -0.39 is 0 Å². The summed E-state index contributed by atoms with van der Waals surface area (Å²) in [6.07, 6.45) is 11.6. The van der Waals surface area contributed by atoms with E-state index in [1.807, 2.05) is 0 Å². The molecule has 0 heterocycles. The van der Waals surface area contributed by atoms with Crippen LogP contribution in [-0.2, 0) is 0 Å². The molecule has 7 atom stereocenters. The molecule has 4 fully saturated rings. The minimum atomic E-state index is 0.177. The van der Waals surface area contributed by atoms with E-state index in [9.17, 15) is 0 Å². The number of hydrogen-bond acceptors (Lipinski definition) is 1. The molecule has 0 saturated heterocycles. The van der Waals surface area contributed by atoms with Gasteiger partial charge in [-0.2, -0.15) is 0 Å². The Morgan fingerprint density at radius 3 is 2.67 bits per heavy atom. The predicted octanol–water partition coefficient (Wildman–Crippen LogP) is 3.97. The molecule has 7 unspecified atom stereocenters. The summed E-state index contributed by atoms with van der Waals surface area (Å²) in [5.41, 5.74) is 7.70. The summed E-state index contributed by atoms with van der Waals surface area (Å²) in [6.45, 7) is 4.96. The number of hydrogen-bond donors (Lipinski definition) is 1. The SMILES string of the molecule is CCC1(N)CC2CC3CCC4CC3C(C)(C2)C1C4. The Kier molecular flexibility index (Phi) is 2.31. The minimum Gasteiger partial charge on any atom is -0.325 e. The summed E-state index contributed by atoms with van der Waals surface area (Å²) in [6, 6.07) is 0. The minimum absolute atomic E-state index is 0.177. The molecule has 0 aromatic carbocycles. The molecule has 4 aliphatic rings. The highest BCUT2D eigenvalue weighted by Crippen LogP contribution is 2.68. The van der Waals surface area contributed by atoms with Crippen molar-refractivity contribution in [3.63, 3.8) is 0 Å². The van der Waals surface area contributed by atoms with Crippen LogP contribution in [0.5, 0.6) is 0 Å². The fourth-order valence-electron chi connectivity index (χ4n) is 7.03. The van der Waals surface area contributed by atoms with Crippen LogP contribution in [0.2, 0.25) is 0 Å². The van der Waals surface area contributed by atoms with Gasteiger partial charge in [0.1, 0.15) is 0 Å². The quantitative estimate of drug-likeness (QED) is 0.745. The molecule has 4 bridgehead atoms. The maximum atomic E-state index is 6.92. The zero-order valence-corrected chi connectivity index (χ0v) is 12.1. The van der Waals surface area contributed by atoms with E-state index in [0.29, 0.717) is 5.41 Å². The van der Waals surface area contributed by atoms with Crippen LogP contribution in [-0.4, -0.2) is 5.54 Å². The van der Waals surface area contributed by atoms with Crippen molar-refractivity contribution in [2.24, 2.45) is 40.7 Å². The number of fused-ring (bicyclic) bond motifs is 2. The first-order chi connectivity index (χ1) is 8.55. The molecule has 0 spiro atoms. The van der Waals surface area contributed by atoms with Crippen molar-refractivity contribution in [1.82, 2.24) is 0 Å². The van der Waals surface area contributed by atoms with Gasteiger partial charge in [0.15, 0.2) is 0 Å². The highest BCUT2D eigenvalue weighted by atomic mass is 14.8. The summed E-state index contributed by atoms with van der Waals surface area (Å²) in [4.78, 5) is 0. The van der Waals surface area contributed by atoms with Crippen molar-refractivity contribution in [3.8, 4) is 0 Å². The van der Waals surface area contributed by atoms with Gasteiger partial charge in [0, 0.05) is 5.54 Å². The Labute approximate surface area is 112 Å². The van der Waals surface area contributed by atoms with Gasteiger partial charge in [-0.15, -0.1) is 0 Å². The van der Waals surface area contributed by atoms with Crippen LogP contribution >= 0.6 is 0 Å². The van der Waals surface area contributed by atoms with E-state index in [0.717, 1.165) is 29.6 Å². The Balaban J connectivity index is 1.80. The average Bonchev–Trinajstić information content (AvgIpc) is 2.36. The molecule has 0 aromatic rings. The summed E-state index contributed by atoms with van der Waals surface area (Å²) in [5, 5.41) is 0. The first-order valence-corrected chi connectivity index (χ1v) is 8.34. The first-order valence-electron chi connectivity index (χ1n) is 8.34. The third kappa shape index (κ3) is 1.32. The van der Waals surface area contributed by atoms with Crippen LogP contribution in [0.15, 0.2) is 0 Å². The lowest BCUT2D eigenvalue weighted by molar-refractivity contribution is -0.161. The average molecular weight is 247 g/mol. The summed E-state index contributed by atoms with van der Waals surface area (Å²) >= 11 is 0.